The molecule has 0 aliphatic heterocycles. The van der Waals surface area contributed by atoms with E-state index in [0.29, 0.717) is 12.0 Å². The van der Waals surface area contributed by atoms with Gasteiger partial charge in [-0.3, -0.25) is 0 Å². The Morgan fingerprint density at radius 2 is 1.54 bits per heavy atom. The minimum Gasteiger partial charge on any atom is -0.505 e. The van der Waals surface area contributed by atoms with E-state index in [2.05, 4.69) is 0 Å². The topological polar surface area (TPSA) is 20.2 Å². The lowest BCUT2D eigenvalue weighted by molar-refractivity contribution is 0.435. The highest BCUT2D eigenvalue weighted by Crippen LogP contribution is 2.34. The fourth-order valence-electron chi connectivity index (χ4n) is 2.84. The van der Waals surface area contributed by atoms with Gasteiger partial charge in [0.25, 0.3) is 0 Å². The highest BCUT2D eigenvalue weighted by Gasteiger charge is 2.18. The molecule has 1 nitrogen and oxygen atoms in total. The van der Waals surface area contributed by atoms with Crippen LogP contribution in [0.2, 0.25) is 0 Å². The third-order valence-electron chi connectivity index (χ3n) is 3.92. The summed E-state index contributed by atoms with van der Waals surface area (Å²) in [7, 11) is 0. The first-order valence-electron chi connectivity index (χ1n) is 7.51. The molecule has 3 aromatic rings. The van der Waals surface area contributed by atoms with Crippen molar-refractivity contribution in [1.82, 2.24) is 0 Å². The van der Waals surface area contributed by atoms with Gasteiger partial charge in [-0.2, -0.15) is 0 Å². The zero-order valence-corrected chi connectivity index (χ0v) is 12.8. The molecule has 3 rings (SSSR count). The highest BCUT2D eigenvalue weighted by molar-refractivity contribution is 5.89. The second kappa shape index (κ2) is 6.15. The lowest BCUT2D eigenvalue weighted by Crippen LogP contribution is -1.96. The third kappa shape index (κ3) is 2.70. The molecule has 24 heavy (non-hydrogen) atoms. The van der Waals surface area contributed by atoms with Gasteiger partial charge in [-0.25, -0.2) is 17.6 Å². The van der Waals surface area contributed by atoms with Crippen molar-refractivity contribution < 1.29 is 22.7 Å². The van der Waals surface area contributed by atoms with Gasteiger partial charge in [0.05, 0.1) is 10.9 Å². The fraction of sp³-hybridized carbons (Fsp3) is 0.158. The maximum Gasteiger partial charge on any atom is 0.175 e. The molecule has 0 spiro atoms. The molecule has 5 heteroatoms. The number of phenolic OH excluding ortho intramolecular Hbond substituents is 1. The number of benzene rings is 3. The van der Waals surface area contributed by atoms with Gasteiger partial charge in [0.1, 0.15) is 17.5 Å². The van der Waals surface area contributed by atoms with E-state index in [1.165, 1.54) is 24.3 Å². The first-order valence-corrected chi connectivity index (χ1v) is 7.51. The van der Waals surface area contributed by atoms with E-state index in [1.54, 1.807) is 0 Å². The van der Waals surface area contributed by atoms with Gasteiger partial charge in [-0.1, -0.05) is 19.4 Å². The van der Waals surface area contributed by atoms with E-state index in [4.69, 9.17) is 0 Å². The van der Waals surface area contributed by atoms with Crippen LogP contribution in [0.1, 0.15) is 18.9 Å². The normalized spacial score (nSPS) is 11.2. The molecule has 0 unspecified atom stereocenters. The summed E-state index contributed by atoms with van der Waals surface area (Å²) in [5.74, 6) is -4.37. The van der Waals surface area contributed by atoms with E-state index < -0.39 is 34.4 Å². The summed E-state index contributed by atoms with van der Waals surface area (Å²) >= 11 is 0. The number of rotatable bonds is 3. The summed E-state index contributed by atoms with van der Waals surface area (Å²) in [6.07, 6.45) is 1.27. The van der Waals surface area contributed by atoms with Gasteiger partial charge in [0.15, 0.2) is 11.6 Å². The molecule has 0 heterocycles. The zero-order valence-electron chi connectivity index (χ0n) is 12.8. The summed E-state index contributed by atoms with van der Waals surface area (Å²) < 4.78 is 56.7. The predicted octanol–water partition coefficient (Wildman–Crippen LogP) is 5.72. The molecule has 3 aromatic carbocycles. The molecule has 0 fully saturated rings. The lowest BCUT2D eigenvalue weighted by Gasteiger charge is -2.11. The van der Waals surface area contributed by atoms with Crippen LogP contribution < -0.4 is 0 Å². The average molecular weight is 334 g/mol. The SMILES string of the molecule is CCCc1cc(F)c(-c2cc(F)c3c(F)c(O)ccc3c2)c(F)c1. The van der Waals surface area contributed by atoms with Crippen LogP contribution in [0, 0.1) is 23.3 Å². The minimum atomic E-state index is -1.10. The minimum absolute atomic E-state index is 0.0249. The number of hydrogen-bond acceptors (Lipinski definition) is 1. The molecule has 0 saturated carbocycles. The number of aromatic hydroxyl groups is 1. The molecule has 0 bridgehead atoms. The van der Waals surface area contributed by atoms with Crippen molar-refractivity contribution >= 4 is 10.8 Å². The van der Waals surface area contributed by atoms with Crippen LogP contribution in [0.3, 0.4) is 0 Å². The molecular weight excluding hydrogens is 320 g/mol. The second-order valence-electron chi connectivity index (χ2n) is 5.64. The van der Waals surface area contributed by atoms with Gasteiger partial charge in [0.2, 0.25) is 0 Å². The van der Waals surface area contributed by atoms with Gasteiger partial charge in [-0.15, -0.1) is 0 Å². The lowest BCUT2D eigenvalue weighted by atomic mass is 9.97. The molecule has 0 amide bonds. The number of phenols is 1. The van der Waals surface area contributed by atoms with Crippen molar-refractivity contribution in [3.63, 3.8) is 0 Å². The Hall–Kier alpha value is -2.56. The van der Waals surface area contributed by atoms with Gasteiger partial charge >= 0.3 is 0 Å². The number of halogens is 4. The second-order valence-corrected chi connectivity index (χ2v) is 5.64. The van der Waals surface area contributed by atoms with E-state index in [0.717, 1.165) is 18.6 Å². The van der Waals surface area contributed by atoms with Crippen molar-refractivity contribution in [2.75, 3.05) is 0 Å². The van der Waals surface area contributed by atoms with E-state index in [1.807, 2.05) is 6.92 Å². The molecular formula is C19H14F4O. The number of aryl methyl sites for hydroxylation is 1. The fourth-order valence-corrected chi connectivity index (χ4v) is 2.84. The Bertz CT molecular complexity index is 911. The van der Waals surface area contributed by atoms with Crippen molar-refractivity contribution in [2.24, 2.45) is 0 Å². The maximum absolute atomic E-state index is 14.3. The molecule has 0 saturated heterocycles. The molecule has 1 N–H and O–H groups in total. The number of fused-ring (bicyclic) bond motifs is 1. The van der Waals surface area contributed by atoms with E-state index in [-0.39, 0.29) is 16.5 Å². The Labute approximate surface area is 136 Å². The summed E-state index contributed by atoms with van der Waals surface area (Å²) in [4.78, 5) is 0. The van der Waals surface area contributed by atoms with Crippen LogP contribution in [-0.2, 0) is 6.42 Å². The predicted molar refractivity (Wildman–Crippen MR) is 84.9 cm³/mol. The Morgan fingerprint density at radius 1 is 0.875 bits per heavy atom. The van der Waals surface area contributed by atoms with Crippen molar-refractivity contribution in [1.29, 1.82) is 0 Å². The Morgan fingerprint density at radius 3 is 2.17 bits per heavy atom. The Kier molecular flexibility index (Phi) is 4.18. The highest BCUT2D eigenvalue weighted by atomic mass is 19.1. The molecule has 0 atom stereocenters. The van der Waals surface area contributed by atoms with Crippen LogP contribution >= 0.6 is 0 Å². The molecule has 0 aliphatic rings. The van der Waals surface area contributed by atoms with Crippen LogP contribution in [0.15, 0.2) is 36.4 Å². The first kappa shape index (κ1) is 16.3. The number of hydrogen-bond donors (Lipinski definition) is 1. The van der Waals surface area contributed by atoms with Crippen molar-refractivity contribution in [3.8, 4) is 16.9 Å². The van der Waals surface area contributed by atoms with Crippen LogP contribution in [-0.4, -0.2) is 5.11 Å². The maximum atomic E-state index is 14.3. The van der Waals surface area contributed by atoms with Crippen molar-refractivity contribution in [2.45, 2.75) is 19.8 Å². The van der Waals surface area contributed by atoms with Gasteiger partial charge in [0, 0.05) is 0 Å². The van der Waals surface area contributed by atoms with Gasteiger partial charge < -0.3 is 5.11 Å². The van der Waals surface area contributed by atoms with Crippen LogP contribution in [0.4, 0.5) is 17.6 Å². The molecule has 124 valence electrons. The van der Waals surface area contributed by atoms with E-state index in [9.17, 15) is 22.7 Å². The Balaban J connectivity index is 2.22. The molecule has 0 aromatic heterocycles. The molecule has 0 radical (unpaired) electrons. The first-order chi connectivity index (χ1) is 11.4. The standard InChI is InChI=1S/C19H14F4O/c1-2-3-10-6-13(20)17(14(21)7-10)12-8-11-4-5-16(24)19(23)18(11)15(22)9-12/h4-9,24H,2-3H2,1H3. The van der Waals surface area contributed by atoms with Crippen LogP contribution in [0.25, 0.3) is 21.9 Å². The van der Waals surface area contributed by atoms with Crippen molar-refractivity contribution in [3.05, 3.63) is 65.2 Å². The average Bonchev–Trinajstić information content (AvgIpc) is 2.50. The smallest absolute Gasteiger partial charge is 0.175 e. The zero-order chi connectivity index (χ0) is 17.4. The largest absolute Gasteiger partial charge is 0.505 e. The summed E-state index contributed by atoms with van der Waals surface area (Å²) in [6.45, 7) is 1.90. The monoisotopic (exact) mass is 334 g/mol. The summed E-state index contributed by atoms with van der Waals surface area (Å²) in [5.41, 5.74) is 0.140. The third-order valence-corrected chi connectivity index (χ3v) is 3.92. The van der Waals surface area contributed by atoms with E-state index >= 15 is 0 Å². The quantitative estimate of drug-likeness (QED) is 0.607. The van der Waals surface area contributed by atoms with Crippen LogP contribution in [0.5, 0.6) is 5.75 Å². The summed E-state index contributed by atoms with van der Waals surface area (Å²) in [6, 6.07) is 6.97. The van der Waals surface area contributed by atoms with Gasteiger partial charge in [-0.05, 0) is 53.3 Å². The summed E-state index contributed by atoms with van der Waals surface area (Å²) in [5, 5.41) is 9.03. The molecule has 0 aliphatic carbocycles.